The number of pyridine rings is 2. The normalized spacial score (nSPS) is 14.9. The van der Waals surface area contributed by atoms with E-state index in [4.69, 9.17) is 10.2 Å². The Morgan fingerprint density at radius 1 is 1.04 bits per heavy atom. The van der Waals surface area contributed by atoms with Crippen LogP contribution in [0.1, 0.15) is 95.2 Å². The molecule has 10 heteroatoms. The first-order valence-electron chi connectivity index (χ1n) is 16.0. The van der Waals surface area contributed by atoms with E-state index in [-0.39, 0.29) is 11.6 Å². The Balaban J connectivity index is 0.995. The summed E-state index contributed by atoms with van der Waals surface area (Å²) in [6.07, 6.45) is 11.8. The lowest BCUT2D eigenvalue weighted by Crippen LogP contribution is -2.17. The summed E-state index contributed by atoms with van der Waals surface area (Å²) in [6.45, 7) is 3.90. The number of nitrogens with zero attached hydrogens (tertiary/aromatic N) is 5. The average Bonchev–Trinajstić information content (AvgIpc) is 3.76. The van der Waals surface area contributed by atoms with Crippen molar-refractivity contribution < 1.29 is 14.7 Å². The molecule has 0 unspecified atom stereocenters. The van der Waals surface area contributed by atoms with E-state index in [2.05, 4.69) is 50.1 Å². The number of nitrogens with one attached hydrogen (secondary N) is 2. The SMILES string of the molecule is Cc1nn(CCCCCCCC#Cc2ccc(C(=O)O)nc2)c2cc(C(=O)Nc3cc4[nH]c([C@H]5CCCN5C)cc4cn3)ccc12. The van der Waals surface area contributed by atoms with E-state index < -0.39 is 5.97 Å². The first-order valence-corrected chi connectivity index (χ1v) is 16.0. The number of amides is 1. The van der Waals surface area contributed by atoms with Crippen LogP contribution in [0.5, 0.6) is 0 Å². The first-order chi connectivity index (χ1) is 22.4. The van der Waals surface area contributed by atoms with Gasteiger partial charge in [0.15, 0.2) is 0 Å². The summed E-state index contributed by atoms with van der Waals surface area (Å²) in [5.74, 6) is 5.48. The lowest BCUT2D eigenvalue weighted by molar-refractivity contribution is 0.0690. The molecule has 1 saturated heterocycles. The van der Waals surface area contributed by atoms with Crippen LogP contribution in [0.2, 0.25) is 0 Å². The van der Waals surface area contributed by atoms with Crippen molar-refractivity contribution in [3.8, 4) is 11.8 Å². The van der Waals surface area contributed by atoms with Gasteiger partial charge in [-0.15, -0.1) is 0 Å². The van der Waals surface area contributed by atoms with Crippen LogP contribution in [0.25, 0.3) is 21.8 Å². The lowest BCUT2D eigenvalue weighted by Gasteiger charge is -2.17. The molecule has 1 fully saturated rings. The second-order valence-corrected chi connectivity index (χ2v) is 12.1. The largest absolute Gasteiger partial charge is 0.477 e. The number of aromatic nitrogens is 5. The standard InChI is InChI=1S/C36H39N7O3/c1-24-28-15-14-26(35(44)40-34-21-30-27(23-38-34)19-31(39-30)32-12-10-17-42(32)2)20-33(28)43(41-24)18-9-7-5-3-4-6-8-11-25-13-16-29(36(45)46)37-22-25/h13-16,19-23,32,39H,3-7,9-10,12,17-18H2,1-2H3,(H,45,46)(H,38,40,44)/t32-/m1/s1. The van der Waals surface area contributed by atoms with Crippen molar-refractivity contribution in [1.82, 2.24) is 29.6 Å². The molecule has 0 saturated carbocycles. The number of hydrogen-bond acceptors (Lipinski definition) is 6. The fourth-order valence-electron chi connectivity index (χ4n) is 6.20. The maximum absolute atomic E-state index is 13.3. The number of fused-ring (bicyclic) bond motifs is 2. The molecular formula is C36H39N7O3. The number of aryl methyl sites for hydroxylation is 2. The molecule has 4 aromatic heterocycles. The second kappa shape index (κ2) is 14.0. The van der Waals surface area contributed by atoms with Crippen LogP contribution in [0, 0.1) is 18.8 Å². The summed E-state index contributed by atoms with van der Waals surface area (Å²) in [7, 11) is 2.16. The van der Waals surface area contributed by atoms with Crippen molar-refractivity contribution in [1.29, 1.82) is 0 Å². The highest BCUT2D eigenvalue weighted by atomic mass is 16.4. The maximum Gasteiger partial charge on any atom is 0.354 e. The van der Waals surface area contributed by atoms with Gasteiger partial charge >= 0.3 is 5.97 Å². The molecule has 0 bridgehead atoms. The highest BCUT2D eigenvalue weighted by molar-refractivity contribution is 6.06. The zero-order chi connectivity index (χ0) is 32.0. The molecule has 236 valence electrons. The Kier molecular flexibility index (Phi) is 9.41. The number of unbranched alkanes of at least 4 members (excludes halogenated alkanes) is 5. The van der Waals surface area contributed by atoms with Gasteiger partial charge in [0.05, 0.1) is 16.7 Å². The van der Waals surface area contributed by atoms with E-state index in [0.29, 0.717) is 17.4 Å². The summed E-state index contributed by atoms with van der Waals surface area (Å²) in [6, 6.07) is 13.4. The Hall–Kier alpha value is -5.01. The van der Waals surface area contributed by atoms with Gasteiger partial charge in [0.1, 0.15) is 11.5 Å². The fourth-order valence-corrected chi connectivity index (χ4v) is 6.20. The number of carboxylic acid groups (broad SMARTS) is 1. The van der Waals surface area contributed by atoms with Gasteiger partial charge in [0, 0.05) is 65.1 Å². The van der Waals surface area contributed by atoms with Gasteiger partial charge < -0.3 is 15.4 Å². The van der Waals surface area contributed by atoms with Gasteiger partial charge in [0.25, 0.3) is 5.91 Å². The maximum atomic E-state index is 13.3. The number of anilines is 1. The minimum absolute atomic E-state index is 0.0229. The van der Waals surface area contributed by atoms with Crippen molar-refractivity contribution in [3.63, 3.8) is 0 Å². The third-order valence-electron chi connectivity index (χ3n) is 8.73. The van der Waals surface area contributed by atoms with Gasteiger partial charge in [-0.1, -0.05) is 37.2 Å². The summed E-state index contributed by atoms with van der Waals surface area (Å²) in [5, 5.41) is 18.8. The molecule has 3 N–H and O–H groups in total. The summed E-state index contributed by atoms with van der Waals surface area (Å²) in [4.78, 5) is 38.5. The first kappa shape index (κ1) is 31.0. The van der Waals surface area contributed by atoms with Crippen LogP contribution in [0.4, 0.5) is 5.82 Å². The molecule has 0 radical (unpaired) electrons. The van der Waals surface area contributed by atoms with Crippen LogP contribution >= 0.6 is 0 Å². The minimum Gasteiger partial charge on any atom is -0.477 e. The number of aromatic amines is 1. The number of carbonyl (C=O) groups is 2. The van der Waals surface area contributed by atoms with E-state index in [1.165, 1.54) is 24.4 Å². The van der Waals surface area contributed by atoms with Crippen LogP contribution in [0.3, 0.4) is 0 Å². The zero-order valence-corrected chi connectivity index (χ0v) is 26.3. The average molecular weight is 618 g/mol. The molecule has 1 aliphatic heterocycles. The number of carbonyl (C=O) groups excluding carboxylic acids is 1. The van der Waals surface area contributed by atoms with Crippen molar-refractivity contribution >= 4 is 39.5 Å². The van der Waals surface area contributed by atoms with Crippen LogP contribution in [0.15, 0.2) is 54.9 Å². The number of rotatable bonds is 11. The van der Waals surface area contributed by atoms with E-state index in [9.17, 15) is 9.59 Å². The van der Waals surface area contributed by atoms with E-state index in [0.717, 1.165) is 91.1 Å². The van der Waals surface area contributed by atoms with Crippen molar-refractivity contribution in [3.05, 3.63) is 83.1 Å². The van der Waals surface area contributed by atoms with Gasteiger partial charge in [-0.2, -0.15) is 5.10 Å². The molecule has 10 nitrogen and oxygen atoms in total. The van der Waals surface area contributed by atoms with Gasteiger partial charge in [-0.05, 0) is 76.5 Å². The Morgan fingerprint density at radius 2 is 1.89 bits per heavy atom. The van der Waals surface area contributed by atoms with Crippen LogP contribution in [-0.2, 0) is 6.54 Å². The number of carboxylic acids is 1. The summed E-state index contributed by atoms with van der Waals surface area (Å²) < 4.78 is 2.02. The molecule has 1 aromatic carbocycles. The van der Waals surface area contributed by atoms with Gasteiger partial charge in [0.2, 0.25) is 0 Å². The molecule has 5 aromatic rings. The minimum atomic E-state index is -1.04. The Labute approximate surface area is 268 Å². The molecule has 0 spiro atoms. The highest BCUT2D eigenvalue weighted by Crippen LogP contribution is 2.32. The molecule has 6 rings (SSSR count). The van der Waals surface area contributed by atoms with Crippen molar-refractivity contribution in [2.24, 2.45) is 0 Å². The van der Waals surface area contributed by atoms with Gasteiger partial charge in [-0.3, -0.25) is 14.4 Å². The monoisotopic (exact) mass is 617 g/mol. The third kappa shape index (κ3) is 7.11. The fraction of sp³-hybridized carbons (Fsp3) is 0.361. The van der Waals surface area contributed by atoms with Crippen LogP contribution in [-0.4, -0.2) is 60.2 Å². The number of hydrogen-bond donors (Lipinski definition) is 3. The summed E-state index contributed by atoms with van der Waals surface area (Å²) in [5.41, 5.74) is 5.41. The molecule has 46 heavy (non-hydrogen) atoms. The molecule has 1 amide bonds. The van der Waals surface area contributed by atoms with Crippen molar-refractivity contribution in [2.45, 2.75) is 70.9 Å². The zero-order valence-electron chi connectivity index (χ0n) is 26.3. The molecule has 1 atom stereocenters. The van der Waals surface area contributed by atoms with E-state index in [1.54, 1.807) is 6.07 Å². The van der Waals surface area contributed by atoms with Crippen molar-refractivity contribution in [2.75, 3.05) is 18.9 Å². The molecular weight excluding hydrogens is 578 g/mol. The Morgan fingerprint density at radius 3 is 2.67 bits per heavy atom. The van der Waals surface area contributed by atoms with Gasteiger partial charge in [-0.25, -0.2) is 14.8 Å². The predicted octanol–water partition coefficient (Wildman–Crippen LogP) is 6.73. The molecule has 5 heterocycles. The third-order valence-corrected chi connectivity index (χ3v) is 8.73. The number of aromatic carboxylic acids is 1. The lowest BCUT2D eigenvalue weighted by atomic mass is 10.1. The number of benzene rings is 1. The predicted molar refractivity (Wildman–Crippen MR) is 179 cm³/mol. The van der Waals surface area contributed by atoms with E-state index >= 15 is 0 Å². The molecule has 0 aliphatic carbocycles. The number of H-pyrrole nitrogens is 1. The summed E-state index contributed by atoms with van der Waals surface area (Å²) >= 11 is 0. The van der Waals surface area contributed by atoms with Crippen LogP contribution < -0.4 is 5.32 Å². The quantitative estimate of drug-likeness (QED) is 0.111. The number of likely N-dealkylation sites (tertiary alicyclic amines) is 1. The second-order valence-electron chi connectivity index (χ2n) is 12.1. The topological polar surface area (TPSA) is 129 Å². The highest BCUT2D eigenvalue weighted by Gasteiger charge is 2.24. The van der Waals surface area contributed by atoms with E-state index in [1.807, 2.05) is 42.1 Å². The molecule has 1 aliphatic rings. The Bertz CT molecular complexity index is 1930. The smallest absolute Gasteiger partial charge is 0.354 e.